The molecule has 0 fully saturated rings. The molecule has 0 radical (unpaired) electrons. The first kappa shape index (κ1) is 21.1. The van der Waals surface area contributed by atoms with Crippen LogP contribution in [0.25, 0.3) is 0 Å². The minimum Gasteiger partial charge on any atom is -0.493 e. The molecule has 1 aliphatic heterocycles. The molecular formula is C21H24N2O7. The highest BCUT2D eigenvalue weighted by Gasteiger charge is 2.36. The molecule has 1 atom stereocenters. The van der Waals surface area contributed by atoms with Gasteiger partial charge in [0.05, 0.1) is 41.1 Å². The molecule has 9 heteroatoms. The molecule has 0 saturated carbocycles. The number of carbonyl (C=O) groups is 1. The molecule has 160 valence electrons. The molecule has 0 saturated heterocycles. The van der Waals surface area contributed by atoms with Crippen molar-refractivity contribution in [3.05, 3.63) is 41.5 Å². The van der Waals surface area contributed by atoms with E-state index in [1.54, 1.807) is 30.3 Å². The summed E-state index contributed by atoms with van der Waals surface area (Å²) >= 11 is 0. The maximum atomic E-state index is 12.3. The Morgan fingerprint density at radius 2 is 1.50 bits per heavy atom. The first-order chi connectivity index (χ1) is 14.5. The molecule has 1 heterocycles. The number of amides is 1. The molecule has 0 bridgehead atoms. The van der Waals surface area contributed by atoms with Crippen molar-refractivity contribution < 1.29 is 33.2 Å². The van der Waals surface area contributed by atoms with E-state index in [4.69, 9.17) is 28.4 Å². The second-order valence-electron chi connectivity index (χ2n) is 6.24. The molecule has 3 rings (SSSR count). The third-order valence-corrected chi connectivity index (χ3v) is 4.58. The average molecular weight is 416 g/mol. The molecule has 2 aromatic rings. The molecule has 0 N–H and O–H groups in total. The second-order valence-corrected chi connectivity index (χ2v) is 6.24. The van der Waals surface area contributed by atoms with E-state index >= 15 is 0 Å². The minimum atomic E-state index is -0.832. The van der Waals surface area contributed by atoms with Crippen LogP contribution in [0.15, 0.2) is 35.4 Å². The SMILES string of the molecule is COc1cc(C2=NN(C(C)=O)C(c3cccc(OC)c3OC)O2)cc(OC)c1OC. The Hall–Kier alpha value is -3.62. The zero-order valence-corrected chi connectivity index (χ0v) is 17.7. The summed E-state index contributed by atoms with van der Waals surface area (Å²) in [5, 5.41) is 5.63. The number of rotatable bonds is 7. The zero-order valence-electron chi connectivity index (χ0n) is 17.7. The van der Waals surface area contributed by atoms with E-state index in [0.29, 0.717) is 39.9 Å². The van der Waals surface area contributed by atoms with Crippen molar-refractivity contribution in [2.75, 3.05) is 35.5 Å². The van der Waals surface area contributed by atoms with E-state index in [1.165, 1.54) is 47.5 Å². The summed E-state index contributed by atoms with van der Waals surface area (Å²) in [7, 11) is 7.62. The molecule has 0 aliphatic carbocycles. The highest BCUT2D eigenvalue weighted by Crippen LogP contribution is 2.42. The second kappa shape index (κ2) is 8.81. The summed E-state index contributed by atoms with van der Waals surface area (Å²) in [4.78, 5) is 12.3. The molecule has 0 spiro atoms. The maximum Gasteiger partial charge on any atom is 0.243 e. The quantitative estimate of drug-likeness (QED) is 0.686. The van der Waals surface area contributed by atoms with Gasteiger partial charge in [-0.25, -0.2) is 0 Å². The van der Waals surface area contributed by atoms with Crippen LogP contribution in [0, 0.1) is 0 Å². The van der Waals surface area contributed by atoms with Gasteiger partial charge in [-0.3, -0.25) is 4.79 Å². The predicted molar refractivity (Wildman–Crippen MR) is 109 cm³/mol. The largest absolute Gasteiger partial charge is 0.493 e. The van der Waals surface area contributed by atoms with Gasteiger partial charge in [0.25, 0.3) is 0 Å². The minimum absolute atomic E-state index is 0.222. The van der Waals surface area contributed by atoms with Crippen molar-refractivity contribution in [3.8, 4) is 28.7 Å². The fourth-order valence-corrected chi connectivity index (χ4v) is 3.20. The van der Waals surface area contributed by atoms with Gasteiger partial charge in [-0.1, -0.05) is 6.07 Å². The first-order valence-corrected chi connectivity index (χ1v) is 9.05. The number of para-hydroxylation sites is 1. The smallest absolute Gasteiger partial charge is 0.243 e. The third kappa shape index (κ3) is 3.66. The third-order valence-electron chi connectivity index (χ3n) is 4.58. The monoisotopic (exact) mass is 416 g/mol. The van der Waals surface area contributed by atoms with Crippen LogP contribution in [-0.2, 0) is 9.53 Å². The number of hydrazone groups is 1. The van der Waals surface area contributed by atoms with Crippen LogP contribution in [-0.4, -0.2) is 52.4 Å². The van der Waals surface area contributed by atoms with Crippen LogP contribution in [0.1, 0.15) is 24.3 Å². The van der Waals surface area contributed by atoms with Crippen molar-refractivity contribution >= 4 is 11.8 Å². The number of hydrogen-bond acceptors (Lipinski definition) is 8. The lowest BCUT2D eigenvalue weighted by atomic mass is 10.1. The number of benzene rings is 2. The Bertz CT molecular complexity index is 949. The Morgan fingerprint density at radius 1 is 0.900 bits per heavy atom. The van der Waals surface area contributed by atoms with Crippen molar-refractivity contribution in [1.29, 1.82) is 0 Å². The van der Waals surface area contributed by atoms with Crippen LogP contribution in [0.5, 0.6) is 28.7 Å². The highest BCUT2D eigenvalue weighted by molar-refractivity contribution is 5.97. The van der Waals surface area contributed by atoms with Crippen LogP contribution in [0.3, 0.4) is 0 Å². The summed E-state index contributed by atoms with van der Waals surface area (Å²) in [6.45, 7) is 1.41. The maximum absolute atomic E-state index is 12.3. The summed E-state index contributed by atoms with van der Waals surface area (Å²) in [6.07, 6.45) is -0.832. The summed E-state index contributed by atoms with van der Waals surface area (Å²) in [5.41, 5.74) is 1.15. The van der Waals surface area contributed by atoms with Gasteiger partial charge in [0.1, 0.15) is 0 Å². The van der Waals surface area contributed by atoms with E-state index < -0.39 is 6.23 Å². The van der Waals surface area contributed by atoms with E-state index in [2.05, 4.69) is 5.10 Å². The Labute approximate surface area is 174 Å². The summed E-state index contributed by atoms with van der Waals surface area (Å²) < 4.78 is 33.1. The van der Waals surface area contributed by atoms with Gasteiger partial charge in [0.2, 0.25) is 23.8 Å². The number of ether oxygens (including phenoxy) is 6. The molecule has 30 heavy (non-hydrogen) atoms. The predicted octanol–water partition coefficient (Wildman–Crippen LogP) is 2.97. The van der Waals surface area contributed by atoms with Gasteiger partial charge in [-0.05, 0) is 24.3 Å². The molecule has 1 aliphatic rings. The Kier molecular flexibility index (Phi) is 6.20. The number of hydrogen-bond donors (Lipinski definition) is 0. The molecule has 0 aromatic heterocycles. The number of nitrogens with zero attached hydrogens (tertiary/aromatic N) is 2. The van der Waals surface area contributed by atoms with Crippen molar-refractivity contribution in [1.82, 2.24) is 5.01 Å². The fraction of sp³-hybridized carbons (Fsp3) is 0.333. The lowest BCUT2D eigenvalue weighted by molar-refractivity contribution is -0.135. The van der Waals surface area contributed by atoms with Gasteiger partial charge < -0.3 is 28.4 Å². The topological polar surface area (TPSA) is 88.1 Å². The normalized spacial score (nSPS) is 15.2. The van der Waals surface area contributed by atoms with Crippen molar-refractivity contribution in [3.63, 3.8) is 0 Å². The van der Waals surface area contributed by atoms with Gasteiger partial charge in [0, 0.05) is 12.5 Å². The van der Waals surface area contributed by atoms with Crippen molar-refractivity contribution in [2.45, 2.75) is 13.2 Å². The lowest BCUT2D eigenvalue weighted by Gasteiger charge is -2.22. The molecule has 9 nitrogen and oxygen atoms in total. The van der Waals surface area contributed by atoms with Crippen LogP contribution >= 0.6 is 0 Å². The van der Waals surface area contributed by atoms with E-state index in [1.807, 2.05) is 0 Å². The van der Waals surface area contributed by atoms with E-state index in [-0.39, 0.29) is 11.8 Å². The first-order valence-electron chi connectivity index (χ1n) is 9.05. The summed E-state index contributed by atoms with van der Waals surface area (Å²) in [5.74, 6) is 2.22. The Balaban J connectivity index is 2.07. The Morgan fingerprint density at radius 3 is 2.00 bits per heavy atom. The number of carbonyl (C=O) groups excluding carboxylic acids is 1. The molecule has 1 unspecified atom stereocenters. The van der Waals surface area contributed by atoms with Gasteiger partial charge in [-0.2, -0.15) is 5.01 Å². The lowest BCUT2D eigenvalue weighted by Crippen LogP contribution is -2.25. The molecule has 2 aromatic carbocycles. The van der Waals surface area contributed by atoms with Gasteiger partial charge >= 0.3 is 0 Å². The van der Waals surface area contributed by atoms with Gasteiger partial charge in [0.15, 0.2) is 23.0 Å². The molecular weight excluding hydrogens is 392 g/mol. The van der Waals surface area contributed by atoms with E-state index in [9.17, 15) is 4.79 Å². The highest BCUT2D eigenvalue weighted by atomic mass is 16.5. The van der Waals surface area contributed by atoms with Crippen LogP contribution < -0.4 is 23.7 Å². The standard InChI is InChI=1S/C21H24N2O7/c1-12(24)23-21(14-8-7-9-15(25-2)18(14)28-5)30-20(22-23)13-10-16(26-3)19(29-6)17(11-13)27-4/h7-11,21H,1-6H3. The van der Waals surface area contributed by atoms with Crippen LogP contribution in [0.2, 0.25) is 0 Å². The van der Waals surface area contributed by atoms with Crippen LogP contribution in [0.4, 0.5) is 0 Å². The number of methoxy groups -OCH3 is 5. The van der Waals surface area contributed by atoms with Gasteiger partial charge in [-0.15, -0.1) is 5.10 Å². The van der Waals surface area contributed by atoms with Crippen molar-refractivity contribution in [2.24, 2.45) is 5.10 Å². The average Bonchev–Trinajstić information content (AvgIpc) is 3.22. The molecule has 1 amide bonds. The fourth-order valence-electron chi connectivity index (χ4n) is 3.20. The summed E-state index contributed by atoms with van der Waals surface area (Å²) in [6, 6.07) is 8.73. The van der Waals surface area contributed by atoms with E-state index in [0.717, 1.165) is 0 Å². The zero-order chi connectivity index (χ0) is 21.8.